The van der Waals surface area contributed by atoms with Gasteiger partial charge in [0.1, 0.15) is 5.76 Å². The molecule has 18 heavy (non-hydrogen) atoms. The van der Waals surface area contributed by atoms with Crippen LogP contribution in [0.15, 0.2) is 16.8 Å². The summed E-state index contributed by atoms with van der Waals surface area (Å²) in [5, 5.41) is 10.9. The number of carbonyl (C=O) groups is 1. The summed E-state index contributed by atoms with van der Waals surface area (Å²) in [6.07, 6.45) is 2.26. The molecule has 2 aromatic heterocycles. The van der Waals surface area contributed by atoms with Crippen molar-refractivity contribution in [2.45, 2.75) is 33.7 Å². The molecule has 6 nitrogen and oxygen atoms in total. The molecule has 0 radical (unpaired) electrons. The average Bonchev–Trinajstić information content (AvgIpc) is 2.91. The molecule has 0 bridgehead atoms. The molecule has 0 aliphatic rings. The number of hydrogen-bond donors (Lipinski definition) is 1. The maximum atomic E-state index is 11.2. The van der Waals surface area contributed by atoms with E-state index in [0.717, 1.165) is 17.0 Å². The molecule has 0 aromatic carbocycles. The first-order chi connectivity index (χ1) is 8.60. The van der Waals surface area contributed by atoms with Crippen LogP contribution in [0.4, 0.5) is 5.82 Å². The molecule has 0 aliphatic heterocycles. The quantitative estimate of drug-likeness (QED) is 0.896. The van der Waals surface area contributed by atoms with E-state index >= 15 is 0 Å². The minimum atomic E-state index is -0.0439. The van der Waals surface area contributed by atoms with Gasteiger partial charge < -0.3 is 9.84 Å². The number of nitrogens with one attached hydrogen (secondary N) is 1. The van der Waals surface area contributed by atoms with Crippen molar-refractivity contribution in [3.63, 3.8) is 0 Å². The highest BCUT2D eigenvalue weighted by Crippen LogP contribution is 2.14. The zero-order valence-corrected chi connectivity index (χ0v) is 10.7. The van der Waals surface area contributed by atoms with Crippen LogP contribution in [0.25, 0.3) is 0 Å². The summed E-state index contributed by atoms with van der Waals surface area (Å²) in [6, 6.07) is 1.77. The van der Waals surface area contributed by atoms with Crippen molar-refractivity contribution in [3.05, 3.63) is 29.3 Å². The van der Waals surface area contributed by atoms with Gasteiger partial charge in [0.2, 0.25) is 5.91 Å². The summed E-state index contributed by atoms with van der Waals surface area (Å²) in [7, 11) is 0. The molecule has 2 rings (SSSR count). The maximum absolute atomic E-state index is 11.2. The van der Waals surface area contributed by atoms with Crippen molar-refractivity contribution in [2.75, 3.05) is 5.32 Å². The fourth-order valence-corrected chi connectivity index (χ4v) is 1.64. The van der Waals surface area contributed by atoms with Gasteiger partial charge in [0, 0.05) is 24.2 Å². The molecular formula is C12H16N4O2. The van der Waals surface area contributed by atoms with Crippen LogP contribution >= 0.6 is 0 Å². The SMILES string of the molecule is CCC(=O)Nc1ccn(Cc2c(C)noc2C)n1. The summed E-state index contributed by atoms with van der Waals surface area (Å²) in [4.78, 5) is 11.2. The number of rotatable bonds is 4. The van der Waals surface area contributed by atoms with Gasteiger partial charge in [-0.25, -0.2) is 0 Å². The molecule has 1 N–H and O–H groups in total. The second kappa shape index (κ2) is 5.03. The molecule has 1 amide bonds. The third-order valence-corrected chi connectivity index (χ3v) is 2.73. The lowest BCUT2D eigenvalue weighted by molar-refractivity contribution is -0.115. The topological polar surface area (TPSA) is 73.0 Å². The van der Waals surface area contributed by atoms with E-state index in [0.29, 0.717) is 18.8 Å². The Morgan fingerprint density at radius 3 is 2.89 bits per heavy atom. The molecule has 0 saturated carbocycles. The minimum Gasteiger partial charge on any atom is -0.361 e. The zero-order valence-electron chi connectivity index (χ0n) is 10.7. The van der Waals surface area contributed by atoms with Gasteiger partial charge in [0.15, 0.2) is 5.82 Å². The Labute approximate surface area is 105 Å². The number of hydrogen-bond acceptors (Lipinski definition) is 4. The van der Waals surface area contributed by atoms with Crippen LogP contribution in [0.5, 0.6) is 0 Å². The fraction of sp³-hybridized carbons (Fsp3) is 0.417. The monoisotopic (exact) mass is 248 g/mol. The molecular weight excluding hydrogens is 232 g/mol. The van der Waals surface area contributed by atoms with Crippen LogP contribution in [-0.4, -0.2) is 20.8 Å². The molecule has 0 aliphatic carbocycles. The Hall–Kier alpha value is -2.11. The predicted molar refractivity (Wildman–Crippen MR) is 66.2 cm³/mol. The molecule has 2 heterocycles. The minimum absolute atomic E-state index is 0.0439. The summed E-state index contributed by atoms with van der Waals surface area (Å²) in [6.45, 7) is 6.16. The Bertz CT molecular complexity index is 537. The molecule has 0 saturated heterocycles. The summed E-state index contributed by atoms with van der Waals surface area (Å²) in [5.74, 6) is 1.31. The van der Waals surface area contributed by atoms with Crippen LogP contribution in [0, 0.1) is 13.8 Å². The first-order valence-electron chi connectivity index (χ1n) is 5.85. The number of carbonyl (C=O) groups excluding carboxylic acids is 1. The summed E-state index contributed by atoms with van der Waals surface area (Å²) in [5.41, 5.74) is 1.88. The average molecular weight is 248 g/mol. The number of anilines is 1. The van der Waals surface area contributed by atoms with E-state index in [1.807, 2.05) is 20.0 Å². The van der Waals surface area contributed by atoms with Crippen LogP contribution in [-0.2, 0) is 11.3 Å². The van der Waals surface area contributed by atoms with Crippen molar-refractivity contribution < 1.29 is 9.32 Å². The number of aromatic nitrogens is 3. The van der Waals surface area contributed by atoms with Crippen LogP contribution in [0.3, 0.4) is 0 Å². The highest BCUT2D eigenvalue weighted by molar-refractivity contribution is 5.89. The van der Waals surface area contributed by atoms with E-state index in [4.69, 9.17) is 4.52 Å². The molecule has 0 atom stereocenters. The predicted octanol–water partition coefficient (Wildman–Crippen LogP) is 1.88. The van der Waals surface area contributed by atoms with E-state index in [9.17, 15) is 4.79 Å². The number of aryl methyl sites for hydroxylation is 2. The highest BCUT2D eigenvalue weighted by atomic mass is 16.5. The Morgan fingerprint density at radius 2 is 2.28 bits per heavy atom. The van der Waals surface area contributed by atoms with Crippen molar-refractivity contribution in [1.29, 1.82) is 0 Å². The zero-order chi connectivity index (χ0) is 13.1. The normalized spacial score (nSPS) is 10.6. The van der Waals surface area contributed by atoms with E-state index in [2.05, 4.69) is 15.6 Å². The van der Waals surface area contributed by atoms with Gasteiger partial charge in [-0.3, -0.25) is 9.48 Å². The van der Waals surface area contributed by atoms with E-state index in [1.54, 1.807) is 17.7 Å². The Morgan fingerprint density at radius 1 is 1.50 bits per heavy atom. The summed E-state index contributed by atoms with van der Waals surface area (Å²) < 4.78 is 6.84. The fourth-order valence-electron chi connectivity index (χ4n) is 1.64. The standard InChI is InChI=1S/C12H16N4O2/c1-4-12(17)13-11-5-6-16(14-11)7-10-8(2)15-18-9(10)3/h5-6H,4,7H2,1-3H3,(H,13,14,17). The third kappa shape index (κ3) is 2.58. The highest BCUT2D eigenvalue weighted by Gasteiger charge is 2.10. The van der Waals surface area contributed by atoms with Crippen LogP contribution in [0.1, 0.15) is 30.4 Å². The second-order valence-electron chi connectivity index (χ2n) is 4.10. The lowest BCUT2D eigenvalue weighted by atomic mass is 10.2. The number of amides is 1. The van der Waals surface area contributed by atoms with Gasteiger partial charge in [-0.2, -0.15) is 5.10 Å². The number of nitrogens with zero attached hydrogens (tertiary/aromatic N) is 3. The van der Waals surface area contributed by atoms with Gasteiger partial charge in [0.05, 0.1) is 12.2 Å². The van der Waals surface area contributed by atoms with Crippen LogP contribution < -0.4 is 5.32 Å². The molecule has 2 aromatic rings. The smallest absolute Gasteiger partial charge is 0.225 e. The van der Waals surface area contributed by atoms with Gasteiger partial charge >= 0.3 is 0 Å². The maximum Gasteiger partial charge on any atom is 0.225 e. The van der Waals surface area contributed by atoms with Crippen LogP contribution in [0.2, 0.25) is 0 Å². The lowest BCUT2D eigenvalue weighted by Gasteiger charge is -2.01. The first-order valence-corrected chi connectivity index (χ1v) is 5.85. The first kappa shape index (κ1) is 12.3. The van der Waals surface area contributed by atoms with E-state index in [-0.39, 0.29) is 5.91 Å². The largest absolute Gasteiger partial charge is 0.361 e. The van der Waals surface area contributed by atoms with Gasteiger partial charge in [-0.1, -0.05) is 12.1 Å². The molecule has 96 valence electrons. The third-order valence-electron chi connectivity index (χ3n) is 2.73. The molecule has 0 unspecified atom stereocenters. The van der Waals surface area contributed by atoms with E-state index < -0.39 is 0 Å². The molecule has 6 heteroatoms. The molecule has 0 fully saturated rings. The van der Waals surface area contributed by atoms with Crippen molar-refractivity contribution in [2.24, 2.45) is 0 Å². The van der Waals surface area contributed by atoms with Crippen molar-refractivity contribution in [1.82, 2.24) is 14.9 Å². The van der Waals surface area contributed by atoms with Crippen molar-refractivity contribution in [3.8, 4) is 0 Å². The van der Waals surface area contributed by atoms with Gasteiger partial charge in [-0.15, -0.1) is 0 Å². The van der Waals surface area contributed by atoms with E-state index in [1.165, 1.54) is 0 Å². The summed E-state index contributed by atoms with van der Waals surface area (Å²) >= 11 is 0. The van der Waals surface area contributed by atoms with Gasteiger partial charge in [-0.05, 0) is 13.8 Å². The lowest BCUT2D eigenvalue weighted by Crippen LogP contribution is -2.10. The molecule has 0 spiro atoms. The Balaban J connectivity index is 2.09. The van der Waals surface area contributed by atoms with Gasteiger partial charge in [0.25, 0.3) is 0 Å². The second-order valence-corrected chi connectivity index (χ2v) is 4.10. The van der Waals surface area contributed by atoms with Crippen molar-refractivity contribution >= 4 is 11.7 Å². The Kier molecular flexibility index (Phi) is 3.45.